The zero-order valence-corrected chi connectivity index (χ0v) is 17.7. The first kappa shape index (κ1) is 20.4. The fraction of sp³-hybridized carbons (Fsp3) is 0.500. The average Bonchev–Trinajstić information content (AvgIpc) is 2.95. The second kappa shape index (κ2) is 8.10. The van der Waals surface area contributed by atoms with Gasteiger partial charge in [0, 0.05) is 19.4 Å². The van der Waals surface area contributed by atoms with Gasteiger partial charge in [-0.1, -0.05) is 12.1 Å². The number of carbonyl (C=O) groups is 2. The van der Waals surface area contributed by atoms with Gasteiger partial charge < -0.3 is 19.7 Å². The Hall–Kier alpha value is -2.87. The van der Waals surface area contributed by atoms with E-state index in [0.717, 1.165) is 17.9 Å². The third-order valence-electron chi connectivity index (χ3n) is 5.89. The maximum atomic E-state index is 13.3. The topological polar surface area (TPSA) is 85.7 Å². The molecule has 4 rings (SSSR count). The van der Waals surface area contributed by atoms with E-state index in [1.165, 1.54) is 0 Å². The van der Waals surface area contributed by atoms with Crippen molar-refractivity contribution in [2.75, 3.05) is 31.6 Å². The van der Waals surface area contributed by atoms with Crippen molar-refractivity contribution in [1.82, 2.24) is 14.7 Å². The van der Waals surface area contributed by atoms with E-state index in [1.807, 2.05) is 43.7 Å². The molecule has 8 heteroatoms. The number of carbonyl (C=O) groups excluding carboxylic acids is 2. The van der Waals surface area contributed by atoms with Crippen molar-refractivity contribution < 1.29 is 19.1 Å². The van der Waals surface area contributed by atoms with Crippen molar-refractivity contribution in [2.24, 2.45) is 0 Å². The number of aryl methyl sites for hydroxylation is 2. The summed E-state index contributed by atoms with van der Waals surface area (Å²) in [4.78, 5) is 27.8. The highest BCUT2D eigenvalue weighted by molar-refractivity contribution is 6.01. The lowest BCUT2D eigenvalue weighted by molar-refractivity contribution is -0.117. The van der Waals surface area contributed by atoms with Gasteiger partial charge in [0.2, 0.25) is 5.91 Å². The zero-order chi connectivity index (χ0) is 21.3. The summed E-state index contributed by atoms with van der Waals surface area (Å²) >= 11 is 0. The van der Waals surface area contributed by atoms with E-state index >= 15 is 0 Å². The van der Waals surface area contributed by atoms with E-state index in [9.17, 15) is 9.59 Å². The van der Waals surface area contributed by atoms with E-state index in [1.54, 1.807) is 11.0 Å². The number of ether oxygens (including phenoxy) is 2. The highest BCUT2D eigenvalue weighted by atomic mass is 16.5. The van der Waals surface area contributed by atoms with E-state index in [2.05, 4.69) is 10.4 Å². The second-order valence-electron chi connectivity index (χ2n) is 7.96. The van der Waals surface area contributed by atoms with Crippen LogP contribution in [0.15, 0.2) is 24.3 Å². The molecule has 1 fully saturated rings. The molecule has 8 nitrogen and oxygen atoms in total. The summed E-state index contributed by atoms with van der Waals surface area (Å²) in [5.41, 5.74) is 2.32. The number of nitrogens with one attached hydrogen (secondary N) is 1. The molecule has 2 aliphatic heterocycles. The summed E-state index contributed by atoms with van der Waals surface area (Å²) in [5, 5.41) is 7.40. The standard InChI is InChI=1S/C22H28N4O4/c1-4-26-16(3)20(15(2)24-26)23-19(27)13-25-14-22(9-11-29-12-10-22)30-18-8-6-5-7-17(18)21(25)28/h5-8H,4,9-14H2,1-3H3,(H,23,27). The zero-order valence-electron chi connectivity index (χ0n) is 17.7. The fourth-order valence-corrected chi connectivity index (χ4v) is 4.26. The van der Waals surface area contributed by atoms with Crippen LogP contribution in [0.1, 0.15) is 41.5 Å². The predicted octanol–water partition coefficient (Wildman–Crippen LogP) is 2.54. The SMILES string of the molecule is CCn1nc(C)c(NC(=O)CN2CC3(CCOCC3)Oc3ccccc3C2=O)c1C. The van der Waals surface area contributed by atoms with Gasteiger partial charge in [0.15, 0.2) is 0 Å². The van der Waals surface area contributed by atoms with Crippen LogP contribution in [-0.2, 0) is 16.1 Å². The van der Waals surface area contributed by atoms with Crippen LogP contribution in [0.25, 0.3) is 0 Å². The number of hydrogen-bond acceptors (Lipinski definition) is 5. The van der Waals surface area contributed by atoms with Crippen LogP contribution in [0.4, 0.5) is 5.69 Å². The minimum Gasteiger partial charge on any atom is -0.484 e. The summed E-state index contributed by atoms with van der Waals surface area (Å²) in [6.45, 7) is 7.98. The molecule has 2 amide bonds. The van der Waals surface area contributed by atoms with Gasteiger partial charge in [0.25, 0.3) is 5.91 Å². The molecule has 2 aromatic rings. The third kappa shape index (κ3) is 3.79. The van der Waals surface area contributed by atoms with Crippen molar-refractivity contribution in [3.05, 3.63) is 41.2 Å². The molecule has 1 spiro atoms. The minimum absolute atomic E-state index is 0.0463. The van der Waals surface area contributed by atoms with Gasteiger partial charge in [-0.15, -0.1) is 0 Å². The number of anilines is 1. The molecular formula is C22H28N4O4. The molecular weight excluding hydrogens is 384 g/mol. The Morgan fingerprint density at radius 2 is 1.97 bits per heavy atom. The molecule has 0 unspecified atom stereocenters. The van der Waals surface area contributed by atoms with Crippen molar-refractivity contribution in [3.8, 4) is 5.75 Å². The third-order valence-corrected chi connectivity index (χ3v) is 5.89. The number of aromatic nitrogens is 2. The molecule has 30 heavy (non-hydrogen) atoms. The number of benzene rings is 1. The quantitative estimate of drug-likeness (QED) is 0.834. The summed E-state index contributed by atoms with van der Waals surface area (Å²) in [5.74, 6) is 0.136. The first-order chi connectivity index (χ1) is 14.4. The lowest BCUT2D eigenvalue weighted by atomic mass is 9.93. The number of rotatable bonds is 4. The van der Waals surface area contributed by atoms with Crippen LogP contribution < -0.4 is 10.1 Å². The molecule has 2 aliphatic rings. The number of fused-ring (bicyclic) bond motifs is 1. The van der Waals surface area contributed by atoms with Gasteiger partial charge in [-0.25, -0.2) is 0 Å². The van der Waals surface area contributed by atoms with Crippen molar-refractivity contribution in [1.29, 1.82) is 0 Å². The van der Waals surface area contributed by atoms with Crippen molar-refractivity contribution >= 4 is 17.5 Å². The van der Waals surface area contributed by atoms with Gasteiger partial charge >= 0.3 is 0 Å². The first-order valence-electron chi connectivity index (χ1n) is 10.4. The van der Waals surface area contributed by atoms with Gasteiger partial charge in [-0.05, 0) is 32.9 Å². The first-order valence-corrected chi connectivity index (χ1v) is 10.4. The molecule has 1 aromatic heterocycles. The number of nitrogens with zero attached hydrogens (tertiary/aromatic N) is 3. The maximum Gasteiger partial charge on any atom is 0.258 e. The molecule has 1 N–H and O–H groups in total. The Kier molecular flexibility index (Phi) is 5.51. The van der Waals surface area contributed by atoms with Crippen LogP contribution in [0.3, 0.4) is 0 Å². The fourth-order valence-electron chi connectivity index (χ4n) is 4.26. The Labute approximate surface area is 176 Å². The second-order valence-corrected chi connectivity index (χ2v) is 7.96. The summed E-state index contributed by atoms with van der Waals surface area (Å²) in [6, 6.07) is 7.24. The maximum absolute atomic E-state index is 13.3. The molecule has 0 bridgehead atoms. The molecule has 0 atom stereocenters. The predicted molar refractivity (Wildman–Crippen MR) is 112 cm³/mol. The Balaban J connectivity index is 1.58. The Morgan fingerprint density at radius 3 is 2.67 bits per heavy atom. The van der Waals surface area contributed by atoms with Crippen molar-refractivity contribution in [3.63, 3.8) is 0 Å². The highest BCUT2D eigenvalue weighted by Gasteiger charge is 2.42. The van der Waals surface area contributed by atoms with Gasteiger partial charge in [-0.3, -0.25) is 14.3 Å². The largest absolute Gasteiger partial charge is 0.484 e. The van der Waals surface area contributed by atoms with E-state index in [0.29, 0.717) is 49.6 Å². The number of para-hydroxylation sites is 1. The van der Waals surface area contributed by atoms with Crippen LogP contribution in [0.2, 0.25) is 0 Å². The molecule has 3 heterocycles. The average molecular weight is 412 g/mol. The molecule has 1 aromatic carbocycles. The summed E-state index contributed by atoms with van der Waals surface area (Å²) < 4.78 is 13.7. The van der Waals surface area contributed by atoms with Crippen LogP contribution in [0.5, 0.6) is 5.75 Å². The van der Waals surface area contributed by atoms with Crippen LogP contribution in [0, 0.1) is 13.8 Å². The van der Waals surface area contributed by atoms with Gasteiger partial charge in [0.1, 0.15) is 17.9 Å². The molecule has 1 saturated heterocycles. The highest BCUT2D eigenvalue weighted by Crippen LogP contribution is 2.35. The lowest BCUT2D eigenvalue weighted by Gasteiger charge is -2.38. The summed E-state index contributed by atoms with van der Waals surface area (Å²) in [7, 11) is 0. The minimum atomic E-state index is -0.542. The van der Waals surface area contributed by atoms with Crippen LogP contribution >= 0.6 is 0 Å². The molecule has 0 saturated carbocycles. The van der Waals surface area contributed by atoms with Gasteiger partial charge in [-0.2, -0.15) is 5.10 Å². The normalized spacial score (nSPS) is 18.0. The lowest BCUT2D eigenvalue weighted by Crippen LogP contribution is -2.52. The van der Waals surface area contributed by atoms with Crippen molar-refractivity contribution in [2.45, 2.75) is 45.8 Å². The molecule has 0 radical (unpaired) electrons. The van der Waals surface area contributed by atoms with Crippen LogP contribution in [-0.4, -0.2) is 58.4 Å². The van der Waals surface area contributed by atoms with Gasteiger partial charge in [0.05, 0.1) is 42.4 Å². The Bertz CT molecular complexity index is 962. The molecule has 160 valence electrons. The monoisotopic (exact) mass is 412 g/mol. The van der Waals surface area contributed by atoms with E-state index < -0.39 is 5.60 Å². The number of hydrogen-bond donors (Lipinski definition) is 1. The molecule has 0 aliphatic carbocycles. The smallest absolute Gasteiger partial charge is 0.258 e. The number of amides is 2. The summed E-state index contributed by atoms with van der Waals surface area (Å²) in [6.07, 6.45) is 1.35. The van der Waals surface area contributed by atoms with E-state index in [-0.39, 0.29) is 18.4 Å². The van der Waals surface area contributed by atoms with E-state index in [4.69, 9.17) is 9.47 Å². The Morgan fingerprint density at radius 1 is 1.23 bits per heavy atom.